The predicted octanol–water partition coefficient (Wildman–Crippen LogP) is 8.56. The molecule has 0 saturated carbocycles. The Hall–Kier alpha value is -4.57. The topological polar surface area (TPSA) is 58.6 Å². The van der Waals surface area contributed by atoms with Crippen LogP contribution in [0.3, 0.4) is 0 Å². The summed E-state index contributed by atoms with van der Waals surface area (Å²) in [6.07, 6.45) is 1.86. The lowest BCUT2D eigenvalue weighted by atomic mass is 9.92. The second-order valence-corrected chi connectivity index (χ2v) is 10.2. The van der Waals surface area contributed by atoms with E-state index in [-0.39, 0.29) is 0 Å². The van der Waals surface area contributed by atoms with E-state index in [1.807, 2.05) is 36.4 Å². The molecule has 40 heavy (non-hydrogen) atoms. The number of hydrogen-bond donors (Lipinski definition) is 2. The normalized spacial score (nSPS) is 11.5. The first kappa shape index (κ1) is 28.4. The molecule has 0 saturated heterocycles. The van der Waals surface area contributed by atoms with Gasteiger partial charge in [-0.3, -0.25) is 0 Å². The molecule has 0 amide bonds. The number of ether oxygens (including phenoxy) is 1. The maximum absolute atomic E-state index is 11.6. The van der Waals surface area contributed by atoms with Gasteiger partial charge >= 0.3 is 5.97 Å². The lowest BCUT2D eigenvalue weighted by Gasteiger charge is -2.16. The van der Waals surface area contributed by atoms with Gasteiger partial charge in [-0.05, 0) is 102 Å². The second-order valence-electron chi connectivity index (χ2n) is 10.2. The predicted molar refractivity (Wildman–Crippen MR) is 165 cm³/mol. The number of nitrogens with one attached hydrogen (secondary N) is 1. The van der Waals surface area contributed by atoms with E-state index in [1.54, 1.807) is 19.2 Å². The van der Waals surface area contributed by atoms with Crippen LogP contribution >= 0.6 is 0 Å². The molecule has 4 rings (SSSR count). The molecule has 4 nitrogen and oxygen atoms in total. The molecule has 2 N–H and O–H groups in total. The van der Waals surface area contributed by atoms with Crippen molar-refractivity contribution in [1.82, 2.24) is 5.32 Å². The van der Waals surface area contributed by atoms with E-state index in [2.05, 4.69) is 75.1 Å². The zero-order chi connectivity index (χ0) is 28.6. The summed E-state index contributed by atoms with van der Waals surface area (Å²) in [5.74, 6) is -0.0613. The van der Waals surface area contributed by atoms with Crippen LogP contribution in [0.2, 0.25) is 0 Å². The highest BCUT2D eigenvalue weighted by Gasteiger charge is 2.11. The zero-order valence-electron chi connectivity index (χ0n) is 23.8. The van der Waals surface area contributed by atoms with E-state index in [4.69, 9.17) is 4.74 Å². The standard InChI is InChI=1S/C36H37NO3/c1-24(10-12-28-13-18-30(19-14-28)33-8-6-7-9-34(33)36(38)39)26(3)35-22-31(17-11-25(35)2)27(4)37-23-29-15-20-32(40-5)21-16-29/h6-9,11,13-22,37H,4,10,12,23H2,1-3,5H3,(H,38,39)/b26-24-. The number of aromatic carboxylic acids is 1. The summed E-state index contributed by atoms with van der Waals surface area (Å²) in [4.78, 5) is 11.6. The number of allylic oxidation sites excluding steroid dienone is 2. The van der Waals surface area contributed by atoms with Gasteiger partial charge in [-0.25, -0.2) is 4.79 Å². The minimum absolute atomic E-state index is 0.320. The van der Waals surface area contributed by atoms with Crippen molar-refractivity contribution < 1.29 is 14.6 Å². The summed E-state index contributed by atoms with van der Waals surface area (Å²) in [7, 11) is 1.67. The lowest BCUT2D eigenvalue weighted by Crippen LogP contribution is -2.11. The molecule has 0 aliphatic rings. The van der Waals surface area contributed by atoms with Gasteiger partial charge in [-0.15, -0.1) is 0 Å². The first-order valence-electron chi connectivity index (χ1n) is 13.5. The maximum Gasteiger partial charge on any atom is 0.336 e. The van der Waals surface area contributed by atoms with E-state index in [1.165, 1.54) is 33.4 Å². The molecule has 0 spiro atoms. The highest BCUT2D eigenvalue weighted by molar-refractivity contribution is 5.96. The van der Waals surface area contributed by atoms with Crippen molar-refractivity contribution in [2.75, 3.05) is 7.11 Å². The molecule has 0 atom stereocenters. The van der Waals surface area contributed by atoms with Crippen molar-refractivity contribution in [1.29, 1.82) is 0 Å². The number of carboxylic acids is 1. The quantitative estimate of drug-likeness (QED) is 0.204. The Bertz CT molecular complexity index is 1530. The third kappa shape index (κ3) is 6.89. The number of aryl methyl sites for hydroxylation is 2. The Labute approximate surface area is 237 Å². The van der Waals surface area contributed by atoms with Crippen LogP contribution in [0.1, 0.15) is 58.4 Å². The van der Waals surface area contributed by atoms with E-state index in [0.717, 1.165) is 41.0 Å². The molecule has 0 aliphatic heterocycles. The van der Waals surface area contributed by atoms with Crippen LogP contribution in [0.4, 0.5) is 0 Å². The van der Waals surface area contributed by atoms with Crippen LogP contribution < -0.4 is 10.1 Å². The average molecular weight is 532 g/mol. The summed E-state index contributed by atoms with van der Waals surface area (Å²) < 4.78 is 5.24. The maximum atomic E-state index is 11.6. The van der Waals surface area contributed by atoms with Gasteiger partial charge in [0.25, 0.3) is 0 Å². The molecule has 0 unspecified atom stereocenters. The third-order valence-corrected chi connectivity index (χ3v) is 7.51. The van der Waals surface area contributed by atoms with E-state index in [9.17, 15) is 9.90 Å². The van der Waals surface area contributed by atoms with Crippen LogP contribution in [0, 0.1) is 6.92 Å². The SMILES string of the molecule is C=C(NCc1ccc(OC)cc1)c1ccc(C)c(/C(C)=C(/C)CCc2ccc(-c3ccccc3C(=O)O)cc2)c1. The Morgan fingerprint density at radius 3 is 2.23 bits per heavy atom. The molecule has 0 radical (unpaired) electrons. The van der Waals surface area contributed by atoms with Gasteiger partial charge in [0.05, 0.1) is 12.7 Å². The van der Waals surface area contributed by atoms with Crippen molar-refractivity contribution in [3.8, 4) is 16.9 Å². The van der Waals surface area contributed by atoms with Gasteiger partial charge in [0.1, 0.15) is 5.75 Å². The molecule has 0 fully saturated rings. The molecule has 0 bridgehead atoms. The molecule has 204 valence electrons. The summed E-state index contributed by atoms with van der Waals surface area (Å²) in [6.45, 7) is 11.5. The molecule has 0 heterocycles. The molecule has 4 aromatic rings. The summed E-state index contributed by atoms with van der Waals surface area (Å²) >= 11 is 0. The smallest absolute Gasteiger partial charge is 0.336 e. The first-order chi connectivity index (χ1) is 19.3. The molecular weight excluding hydrogens is 494 g/mol. The minimum atomic E-state index is -0.910. The number of carboxylic acid groups (broad SMARTS) is 1. The Balaban J connectivity index is 1.42. The Kier molecular flexibility index (Phi) is 9.23. The van der Waals surface area contributed by atoms with Crippen molar-refractivity contribution >= 4 is 17.2 Å². The van der Waals surface area contributed by atoms with Gasteiger partial charge in [-0.2, -0.15) is 0 Å². The molecular formula is C36H37NO3. The van der Waals surface area contributed by atoms with Crippen molar-refractivity contribution in [2.45, 2.75) is 40.2 Å². The van der Waals surface area contributed by atoms with E-state index in [0.29, 0.717) is 12.1 Å². The fourth-order valence-corrected chi connectivity index (χ4v) is 4.79. The molecule has 0 aliphatic carbocycles. The fourth-order valence-electron chi connectivity index (χ4n) is 4.79. The van der Waals surface area contributed by atoms with E-state index >= 15 is 0 Å². The molecule has 0 aromatic heterocycles. The largest absolute Gasteiger partial charge is 0.497 e. The number of rotatable bonds is 11. The highest BCUT2D eigenvalue weighted by Crippen LogP contribution is 2.28. The van der Waals surface area contributed by atoms with E-state index < -0.39 is 5.97 Å². The van der Waals surface area contributed by atoms with Crippen LogP contribution in [0.5, 0.6) is 5.75 Å². The zero-order valence-corrected chi connectivity index (χ0v) is 23.8. The number of benzene rings is 4. The Morgan fingerprint density at radius 2 is 1.55 bits per heavy atom. The number of carbonyl (C=O) groups is 1. The summed E-state index contributed by atoms with van der Waals surface area (Å²) in [6, 6.07) is 29.9. The van der Waals surface area contributed by atoms with Gasteiger partial charge in [-0.1, -0.05) is 78.9 Å². The van der Waals surface area contributed by atoms with Gasteiger partial charge in [0.2, 0.25) is 0 Å². The minimum Gasteiger partial charge on any atom is -0.497 e. The van der Waals surface area contributed by atoms with Crippen molar-refractivity contribution in [2.24, 2.45) is 0 Å². The van der Waals surface area contributed by atoms with Crippen molar-refractivity contribution in [3.63, 3.8) is 0 Å². The first-order valence-corrected chi connectivity index (χ1v) is 13.5. The van der Waals surface area contributed by atoms with Gasteiger partial charge < -0.3 is 15.2 Å². The lowest BCUT2D eigenvalue weighted by molar-refractivity contribution is 0.0697. The molecule has 4 aromatic carbocycles. The number of hydrogen-bond acceptors (Lipinski definition) is 3. The van der Waals surface area contributed by atoms with Crippen LogP contribution in [0.15, 0.2) is 103 Å². The fraction of sp³-hybridized carbons (Fsp3) is 0.194. The highest BCUT2D eigenvalue weighted by atomic mass is 16.5. The van der Waals surface area contributed by atoms with Crippen molar-refractivity contribution in [3.05, 3.63) is 137 Å². The summed E-state index contributed by atoms with van der Waals surface area (Å²) in [5, 5.41) is 13.0. The average Bonchev–Trinajstić information content (AvgIpc) is 2.99. The van der Waals surface area contributed by atoms with Crippen LogP contribution in [0.25, 0.3) is 22.4 Å². The third-order valence-electron chi connectivity index (χ3n) is 7.51. The van der Waals surface area contributed by atoms with Crippen LogP contribution in [-0.4, -0.2) is 18.2 Å². The number of methoxy groups -OCH3 is 1. The Morgan fingerprint density at radius 1 is 0.875 bits per heavy atom. The van der Waals surface area contributed by atoms with Gasteiger partial charge in [0.15, 0.2) is 0 Å². The molecule has 4 heteroatoms. The van der Waals surface area contributed by atoms with Gasteiger partial charge in [0, 0.05) is 12.2 Å². The monoisotopic (exact) mass is 531 g/mol. The second kappa shape index (κ2) is 13.0. The summed E-state index contributed by atoms with van der Waals surface area (Å²) in [5.41, 5.74) is 11.5. The van der Waals surface area contributed by atoms with Crippen LogP contribution in [-0.2, 0) is 13.0 Å².